The van der Waals surface area contributed by atoms with E-state index in [0.717, 1.165) is 0 Å². The zero-order chi connectivity index (χ0) is 15.8. The Balaban J connectivity index is 2.77. The fourth-order valence-corrected chi connectivity index (χ4v) is 2.02. The predicted octanol–water partition coefficient (Wildman–Crippen LogP) is 0.272. The lowest BCUT2D eigenvalue weighted by Crippen LogP contribution is -2.43. The summed E-state index contributed by atoms with van der Waals surface area (Å²) < 4.78 is 10.9. The number of amides is 2. The number of aromatic carboxylic acids is 1. The number of aliphatic hydroxyl groups excluding tert-OH is 1. The summed E-state index contributed by atoms with van der Waals surface area (Å²) >= 11 is 0. The largest absolute Gasteiger partial charge is 0.478 e. The average Bonchev–Trinajstić information content (AvgIpc) is 2.44. The Kier molecular flexibility index (Phi) is 6.83. The molecule has 0 radical (unpaired) electrons. The molecule has 7 nitrogen and oxygen atoms in total. The number of carbonyl (C=O) groups excluding carboxylic acids is 1. The number of carbonyl (C=O) groups is 2. The highest BCUT2D eigenvalue weighted by Crippen LogP contribution is 2.15. The summed E-state index contributed by atoms with van der Waals surface area (Å²) in [4.78, 5) is 24.1. The van der Waals surface area contributed by atoms with E-state index in [4.69, 9.17) is 10.2 Å². The van der Waals surface area contributed by atoms with Gasteiger partial charge in [-0.1, -0.05) is 0 Å². The Bertz CT molecular complexity index is 518. The molecule has 1 aromatic carbocycles. The second-order valence-corrected chi connectivity index (χ2v) is 5.79. The lowest BCUT2D eigenvalue weighted by atomic mass is 10.2. The van der Waals surface area contributed by atoms with Crippen LogP contribution in [0.3, 0.4) is 0 Å². The first-order chi connectivity index (χ1) is 9.95. The normalized spacial score (nSPS) is 11.7. The van der Waals surface area contributed by atoms with Crippen molar-refractivity contribution < 1.29 is 24.0 Å². The Labute approximate surface area is 125 Å². The number of nitrogens with one attached hydrogen (secondary N) is 1. The summed E-state index contributed by atoms with van der Waals surface area (Å²) in [7, 11) is -1.000. The van der Waals surface area contributed by atoms with Crippen LogP contribution in [-0.2, 0) is 10.8 Å². The van der Waals surface area contributed by atoms with Crippen molar-refractivity contribution in [3.8, 4) is 0 Å². The molecular weight excluding hydrogens is 296 g/mol. The third-order valence-corrected chi connectivity index (χ3v) is 3.44. The van der Waals surface area contributed by atoms with Gasteiger partial charge in [-0.05, 0) is 24.3 Å². The molecule has 21 heavy (non-hydrogen) atoms. The van der Waals surface area contributed by atoms with Crippen LogP contribution in [0, 0.1) is 0 Å². The van der Waals surface area contributed by atoms with Crippen LogP contribution >= 0.6 is 0 Å². The Morgan fingerprint density at radius 2 is 1.90 bits per heavy atom. The SMILES string of the molecule is CS(=O)CCNC(=O)N(CCO)c1ccc(C(=O)O)cc1. The molecule has 8 heteroatoms. The highest BCUT2D eigenvalue weighted by atomic mass is 32.2. The molecule has 2 amide bonds. The van der Waals surface area contributed by atoms with Crippen LogP contribution in [0.1, 0.15) is 10.4 Å². The van der Waals surface area contributed by atoms with Crippen molar-refractivity contribution in [2.75, 3.05) is 36.6 Å². The monoisotopic (exact) mass is 314 g/mol. The molecule has 116 valence electrons. The average molecular weight is 314 g/mol. The molecule has 0 fully saturated rings. The van der Waals surface area contributed by atoms with Crippen molar-refractivity contribution in [2.24, 2.45) is 0 Å². The van der Waals surface area contributed by atoms with E-state index < -0.39 is 22.8 Å². The number of rotatable bonds is 7. The highest BCUT2D eigenvalue weighted by Gasteiger charge is 2.15. The van der Waals surface area contributed by atoms with E-state index in [1.54, 1.807) is 6.26 Å². The van der Waals surface area contributed by atoms with Gasteiger partial charge in [0, 0.05) is 35.0 Å². The third-order valence-electron chi connectivity index (χ3n) is 2.66. The van der Waals surface area contributed by atoms with Crippen molar-refractivity contribution in [2.45, 2.75) is 0 Å². The van der Waals surface area contributed by atoms with Crippen LogP contribution in [0.5, 0.6) is 0 Å². The molecule has 0 aliphatic heterocycles. The molecule has 0 saturated heterocycles. The molecule has 0 aliphatic carbocycles. The van der Waals surface area contributed by atoms with Crippen LogP contribution in [0.25, 0.3) is 0 Å². The molecule has 1 rings (SSSR count). The van der Waals surface area contributed by atoms with Crippen molar-refractivity contribution in [3.05, 3.63) is 29.8 Å². The number of anilines is 1. The molecule has 0 aromatic heterocycles. The number of urea groups is 1. The van der Waals surface area contributed by atoms with E-state index in [9.17, 15) is 13.8 Å². The minimum Gasteiger partial charge on any atom is -0.478 e. The van der Waals surface area contributed by atoms with Gasteiger partial charge in [0.25, 0.3) is 0 Å². The zero-order valence-corrected chi connectivity index (χ0v) is 12.4. The number of benzene rings is 1. The summed E-state index contributed by atoms with van der Waals surface area (Å²) in [5.74, 6) is -0.707. The lowest BCUT2D eigenvalue weighted by molar-refractivity contribution is 0.0697. The number of aliphatic hydroxyl groups is 1. The zero-order valence-electron chi connectivity index (χ0n) is 11.6. The van der Waals surface area contributed by atoms with Crippen molar-refractivity contribution in [3.63, 3.8) is 0 Å². The maximum atomic E-state index is 12.0. The summed E-state index contributed by atoms with van der Waals surface area (Å²) in [5, 5.41) is 20.5. The van der Waals surface area contributed by atoms with Crippen molar-refractivity contribution in [1.82, 2.24) is 5.32 Å². The first-order valence-electron chi connectivity index (χ1n) is 6.25. The van der Waals surface area contributed by atoms with Gasteiger partial charge >= 0.3 is 12.0 Å². The van der Waals surface area contributed by atoms with E-state index in [1.165, 1.54) is 29.2 Å². The van der Waals surface area contributed by atoms with Crippen LogP contribution in [-0.4, -0.2) is 58.1 Å². The maximum absolute atomic E-state index is 12.0. The smallest absolute Gasteiger partial charge is 0.335 e. The summed E-state index contributed by atoms with van der Waals surface area (Å²) in [5.41, 5.74) is 0.591. The Hall–Kier alpha value is -1.93. The maximum Gasteiger partial charge on any atom is 0.335 e. The standard InChI is InChI=1S/C13H18N2O5S/c1-21(20)9-6-14-13(19)15(7-8-16)11-4-2-10(3-5-11)12(17)18/h2-5,16H,6-9H2,1H3,(H,14,19)(H,17,18). The summed E-state index contributed by atoms with van der Waals surface area (Å²) in [6.45, 7) is 0.109. The van der Waals surface area contributed by atoms with Crippen molar-refractivity contribution in [1.29, 1.82) is 0 Å². The van der Waals surface area contributed by atoms with Gasteiger partial charge in [0.2, 0.25) is 0 Å². The van der Waals surface area contributed by atoms with Gasteiger partial charge in [0.1, 0.15) is 0 Å². The van der Waals surface area contributed by atoms with Gasteiger partial charge in [0.05, 0.1) is 18.7 Å². The topological polar surface area (TPSA) is 107 Å². The molecular formula is C13H18N2O5S. The summed E-state index contributed by atoms with van der Waals surface area (Å²) in [6.07, 6.45) is 1.54. The van der Waals surface area contributed by atoms with Gasteiger partial charge in [-0.15, -0.1) is 0 Å². The molecule has 3 N–H and O–H groups in total. The van der Waals surface area contributed by atoms with Crippen LogP contribution < -0.4 is 10.2 Å². The van der Waals surface area contributed by atoms with E-state index in [0.29, 0.717) is 11.4 Å². The summed E-state index contributed by atoms with van der Waals surface area (Å²) in [6, 6.07) is 5.33. The Morgan fingerprint density at radius 1 is 1.29 bits per heavy atom. The van der Waals surface area contributed by atoms with Gasteiger partial charge in [-0.2, -0.15) is 0 Å². The number of carboxylic acids is 1. The third kappa shape index (κ3) is 5.52. The minimum absolute atomic E-state index is 0.0769. The molecule has 1 unspecified atom stereocenters. The fraction of sp³-hybridized carbons (Fsp3) is 0.385. The molecule has 0 heterocycles. The quantitative estimate of drug-likeness (QED) is 0.670. The second-order valence-electron chi connectivity index (χ2n) is 4.24. The number of hydrogen-bond acceptors (Lipinski definition) is 4. The van der Waals surface area contributed by atoms with E-state index >= 15 is 0 Å². The molecule has 0 saturated carbocycles. The highest BCUT2D eigenvalue weighted by molar-refractivity contribution is 7.84. The number of hydrogen-bond donors (Lipinski definition) is 3. The first kappa shape index (κ1) is 17.1. The number of carboxylic acid groups (broad SMARTS) is 1. The van der Waals surface area contributed by atoms with Crippen LogP contribution in [0.4, 0.5) is 10.5 Å². The van der Waals surface area contributed by atoms with E-state index in [-0.39, 0.29) is 25.3 Å². The Morgan fingerprint density at radius 3 is 2.38 bits per heavy atom. The van der Waals surface area contributed by atoms with Crippen LogP contribution in [0.2, 0.25) is 0 Å². The minimum atomic E-state index is -1.05. The number of nitrogens with zero attached hydrogens (tertiary/aromatic N) is 1. The van der Waals surface area contributed by atoms with Crippen LogP contribution in [0.15, 0.2) is 24.3 Å². The van der Waals surface area contributed by atoms with E-state index in [2.05, 4.69) is 5.32 Å². The second kappa shape index (κ2) is 8.38. The van der Waals surface area contributed by atoms with Gasteiger partial charge in [-0.25, -0.2) is 9.59 Å². The lowest BCUT2D eigenvalue weighted by Gasteiger charge is -2.22. The van der Waals surface area contributed by atoms with Gasteiger partial charge in [0.15, 0.2) is 0 Å². The fourth-order valence-electron chi connectivity index (χ4n) is 1.63. The predicted molar refractivity (Wildman–Crippen MR) is 80.2 cm³/mol. The molecule has 1 atom stereocenters. The van der Waals surface area contributed by atoms with Crippen molar-refractivity contribution >= 4 is 28.5 Å². The first-order valence-corrected chi connectivity index (χ1v) is 7.98. The molecule has 1 aromatic rings. The molecule has 0 aliphatic rings. The van der Waals surface area contributed by atoms with Gasteiger partial charge < -0.3 is 15.5 Å². The molecule has 0 spiro atoms. The van der Waals surface area contributed by atoms with E-state index in [1.807, 2.05) is 0 Å². The molecule has 0 bridgehead atoms. The van der Waals surface area contributed by atoms with Gasteiger partial charge in [-0.3, -0.25) is 9.11 Å².